The lowest BCUT2D eigenvalue weighted by Gasteiger charge is -2.14. The number of aromatic nitrogens is 1. The molecule has 0 bridgehead atoms. The molecule has 5 heteroatoms. The first kappa shape index (κ1) is 15.2. The number of pyridine rings is 1. The molecule has 0 atom stereocenters. The van der Waals surface area contributed by atoms with Gasteiger partial charge in [0.25, 0.3) is 5.56 Å². The first-order valence-corrected chi connectivity index (χ1v) is 7.65. The summed E-state index contributed by atoms with van der Waals surface area (Å²) in [6.45, 7) is 0.188. The Bertz CT molecular complexity index is 792. The van der Waals surface area contributed by atoms with E-state index in [1.807, 2.05) is 30.3 Å². The summed E-state index contributed by atoms with van der Waals surface area (Å²) in [6, 6.07) is 11.0. The summed E-state index contributed by atoms with van der Waals surface area (Å²) in [5, 5.41) is 0. The third kappa shape index (κ3) is 3.39. The molecule has 0 fully saturated rings. The van der Waals surface area contributed by atoms with E-state index in [4.69, 9.17) is 4.74 Å². The van der Waals surface area contributed by atoms with E-state index >= 15 is 0 Å². The van der Waals surface area contributed by atoms with Crippen LogP contribution in [0.2, 0.25) is 0 Å². The number of benzene rings is 1. The van der Waals surface area contributed by atoms with Gasteiger partial charge in [-0.05, 0) is 24.5 Å². The summed E-state index contributed by atoms with van der Waals surface area (Å²) in [7, 11) is 0. The fraction of sp³-hybridized carbons (Fsp3) is 0.278. The molecule has 0 amide bonds. The second kappa shape index (κ2) is 6.60. The van der Waals surface area contributed by atoms with Crippen LogP contribution in [-0.2, 0) is 17.6 Å². The van der Waals surface area contributed by atoms with Crippen LogP contribution in [0.15, 0.2) is 41.2 Å². The number of aryl methyl sites for hydroxylation is 1. The Kier molecular flexibility index (Phi) is 4.37. The molecule has 5 nitrogen and oxygen atoms in total. The Morgan fingerprint density at radius 3 is 2.70 bits per heavy atom. The van der Waals surface area contributed by atoms with E-state index in [9.17, 15) is 14.4 Å². The first-order valence-electron chi connectivity index (χ1n) is 7.65. The first-order chi connectivity index (χ1) is 11.1. The number of esters is 1. The maximum atomic E-state index is 12.1. The van der Waals surface area contributed by atoms with Crippen LogP contribution in [0.4, 0.5) is 0 Å². The molecule has 1 aromatic carbocycles. The summed E-state index contributed by atoms with van der Waals surface area (Å²) in [5.74, 6) is -0.732. The van der Waals surface area contributed by atoms with Crippen molar-refractivity contribution in [3.8, 4) is 0 Å². The Morgan fingerprint density at radius 2 is 1.91 bits per heavy atom. The molecule has 2 aromatic rings. The van der Waals surface area contributed by atoms with Gasteiger partial charge in [0.2, 0.25) is 0 Å². The molecule has 1 N–H and O–H groups in total. The van der Waals surface area contributed by atoms with Crippen LogP contribution in [0.5, 0.6) is 0 Å². The van der Waals surface area contributed by atoms with Crippen LogP contribution < -0.4 is 5.56 Å². The number of H-pyrrole nitrogens is 1. The van der Waals surface area contributed by atoms with E-state index in [0.717, 1.165) is 12.0 Å². The van der Waals surface area contributed by atoms with E-state index in [0.29, 0.717) is 30.5 Å². The number of Topliss-reactive ketones (excluding diaryl/α,β-unsaturated/α-hetero) is 1. The van der Waals surface area contributed by atoms with Crippen molar-refractivity contribution in [1.29, 1.82) is 0 Å². The van der Waals surface area contributed by atoms with Crippen molar-refractivity contribution in [2.24, 2.45) is 0 Å². The third-order valence-electron chi connectivity index (χ3n) is 3.94. The summed E-state index contributed by atoms with van der Waals surface area (Å²) in [5.41, 5.74) is 1.50. The highest BCUT2D eigenvalue weighted by atomic mass is 16.5. The Morgan fingerprint density at radius 1 is 1.13 bits per heavy atom. The van der Waals surface area contributed by atoms with E-state index in [2.05, 4.69) is 4.98 Å². The monoisotopic (exact) mass is 311 g/mol. The van der Waals surface area contributed by atoms with E-state index in [-0.39, 0.29) is 18.0 Å². The number of ether oxygens (including phenoxy) is 1. The van der Waals surface area contributed by atoms with Crippen LogP contribution >= 0.6 is 0 Å². The molecule has 0 spiro atoms. The minimum absolute atomic E-state index is 0.0409. The van der Waals surface area contributed by atoms with Gasteiger partial charge < -0.3 is 9.72 Å². The van der Waals surface area contributed by atoms with Crippen molar-refractivity contribution in [2.45, 2.75) is 25.7 Å². The molecule has 118 valence electrons. The fourth-order valence-corrected chi connectivity index (χ4v) is 2.71. The highest BCUT2D eigenvalue weighted by Gasteiger charge is 2.22. The summed E-state index contributed by atoms with van der Waals surface area (Å²) in [6.07, 6.45) is 2.40. The molecule has 1 aromatic heterocycles. The number of ketones is 1. The maximum absolute atomic E-state index is 12.1. The van der Waals surface area contributed by atoms with Crippen molar-refractivity contribution in [2.75, 3.05) is 6.61 Å². The summed E-state index contributed by atoms with van der Waals surface area (Å²) >= 11 is 0. The standard InChI is InChI=1S/C18H17NO4/c20-16-8-4-7-15-13(16)11-14(17(21)19-15)18(22)23-10-9-12-5-2-1-3-6-12/h1-3,5-6,11H,4,7-10H2,(H,19,21). The fourth-order valence-electron chi connectivity index (χ4n) is 2.71. The van der Waals surface area contributed by atoms with Gasteiger partial charge in [0, 0.05) is 24.1 Å². The maximum Gasteiger partial charge on any atom is 0.343 e. The Labute approximate surface area is 133 Å². The highest BCUT2D eigenvalue weighted by molar-refractivity contribution is 6.00. The predicted molar refractivity (Wildman–Crippen MR) is 84.8 cm³/mol. The minimum Gasteiger partial charge on any atom is -0.462 e. The lowest BCUT2D eigenvalue weighted by molar-refractivity contribution is 0.0507. The van der Waals surface area contributed by atoms with E-state index < -0.39 is 11.5 Å². The molecule has 0 saturated carbocycles. The molecule has 1 aliphatic rings. The van der Waals surface area contributed by atoms with Gasteiger partial charge in [-0.2, -0.15) is 0 Å². The lowest BCUT2D eigenvalue weighted by Crippen LogP contribution is -2.25. The number of hydrogen-bond donors (Lipinski definition) is 1. The summed E-state index contributed by atoms with van der Waals surface area (Å²) in [4.78, 5) is 38.6. The molecular weight excluding hydrogens is 294 g/mol. The smallest absolute Gasteiger partial charge is 0.343 e. The molecule has 0 aliphatic heterocycles. The van der Waals surface area contributed by atoms with Crippen molar-refractivity contribution >= 4 is 11.8 Å². The van der Waals surface area contributed by atoms with Gasteiger partial charge in [0.15, 0.2) is 5.78 Å². The van der Waals surface area contributed by atoms with E-state index in [1.54, 1.807) is 0 Å². The number of hydrogen-bond acceptors (Lipinski definition) is 4. The van der Waals surface area contributed by atoms with Crippen LogP contribution in [-0.4, -0.2) is 23.3 Å². The SMILES string of the molecule is O=C1CCCc2[nH]c(=O)c(C(=O)OCCc3ccccc3)cc21. The molecule has 0 saturated heterocycles. The zero-order valence-electron chi connectivity index (χ0n) is 12.6. The van der Waals surface area contributed by atoms with Crippen LogP contribution in [0, 0.1) is 0 Å². The normalized spacial score (nSPS) is 13.5. The largest absolute Gasteiger partial charge is 0.462 e. The molecular formula is C18H17NO4. The van der Waals surface area contributed by atoms with Crippen molar-refractivity contribution < 1.29 is 14.3 Å². The average Bonchev–Trinajstić information content (AvgIpc) is 2.55. The quantitative estimate of drug-likeness (QED) is 0.879. The number of nitrogens with one attached hydrogen (secondary N) is 1. The number of fused-ring (bicyclic) bond motifs is 1. The minimum atomic E-state index is -0.691. The number of aromatic amines is 1. The summed E-state index contributed by atoms with van der Waals surface area (Å²) < 4.78 is 5.17. The van der Waals surface area contributed by atoms with E-state index in [1.165, 1.54) is 6.07 Å². The number of carbonyl (C=O) groups is 2. The van der Waals surface area contributed by atoms with Crippen LogP contribution in [0.1, 0.15) is 44.8 Å². The van der Waals surface area contributed by atoms with Crippen molar-refractivity contribution in [3.63, 3.8) is 0 Å². The van der Waals surface area contributed by atoms with Gasteiger partial charge in [0.05, 0.1) is 6.61 Å². The molecule has 3 rings (SSSR count). The van der Waals surface area contributed by atoms with Gasteiger partial charge in [-0.1, -0.05) is 30.3 Å². The molecule has 23 heavy (non-hydrogen) atoms. The Balaban J connectivity index is 1.71. The molecule has 1 heterocycles. The average molecular weight is 311 g/mol. The zero-order valence-corrected chi connectivity index (χ0v) is 12.6. The second-order valence-electron chi connectivity index (χ2n) is 5.55. The number of rotatable bonds is 4. The van der Waals surface area contributed by atoms with Crippen LogP contribution in [0.3, 0.4) is 0 Å². The van der Waals surface area contributed by atoms with Crippen LogP contribution in [0.25, 0.3) is 0 Å². The van der Waals surface area contributed by atoms with Gasteiger partial charge >= 0.3 is 5.97 Å². The lowest BCUT2D eigenvalue weighted by atomic mass is 9.94. The molecule has 0 unspecified atom stereocenters. The topological polar surface area (TPSA) is 76.2 Å². The van der Waals surface area contributed by atoms with Crippen molar-refractivity contribution in [3.05, 3.63) is 69.1 Å². The molecule has 0 radical (unpaired) electrons. The van der Waals surface area contributed by atoms with Crippen molar-refractivity contribution in [1.82, 2.24) is 4.98 Å². The molecule has 1 aliphatic carbocycles. The third-order valence-corrected chi connectivity index (χ3v) is 3.94. The zero-order chi connectivity index (χ0) is 16.2. The highest BCUT2D eigenvalue weighted by Crippen LogP contribution is 2.19. The van der Waals surface area contributed by atoms with Gasteiger partial charge in [0.1, 0.15) is 5.56 Å². The van der Waals surface area contributed by atoms with Gasteiger partial charge in [-0.15, -0.1) is 0 Å². The Hall–Kier alpha value is -2.69. The van der Waals surface area contributed by atoms with Gasteiger partial charge in [-0.3, -0.25) is 9.59 Å². The second-order valence-corrected chi connectivity index (χ2v) is 5.55. The number of carbonyl (C=O) groups excluding carboxylic acids is 2. The predicted octanol–water partition coefficient (Wildman–Crippen LogP) is 2.29. The van der Waals surface area contributed by atoms with Gasteiger partial charge in [-0.25, -0.2) is 4.79 Å².